The van der Waals surface area contributed by atoms with E-state index >= 15 is 0 Å². The number of aromatic nitrogens is 3. The average molecular weight is 324 g/mol. The molecular formula is C17H16N4OS. The van der Waals surface area contributed by atoms with Crippen molar-refractivity contribution in [2.45, 2.75) is 6.92 Å². The van der Waals surface area contributed by atoms with Gasteiger partial charge < -0.3 is 4.74 Å². The topological polar surface area (TPSA) is 55.2 Å². The lowest BCUT2D eigenvalue weighted by molar-refractivity contribution is 0.415. The van der Waals surface area contributed by atoms with Crippen LogP contribution >= 0.6 is 12.2 Å². The summed E-state index contributed by atoms with van der Waals surface area (Å²) >= 11 is 5.27. The van der Waals surface area contributed by atoms with Crippen LogP contribution in [0, 0.1) is 11.7 Å². The third kappa shape index (κ3) is 3.37. The van der Waals surface area contributed by atoms with E-state index in [9.17, 15) is 0 Å². The molecule has 2 aromatic carbocycles. The van der Waals surface area contributed by atoms with Gasteiger partial charge in [-0.2, -0.15) is 14.9 Å². The first-order valence-corrected chi connectivity index (χ1v) is 7.51. The Morgan fingerprint density at radius 3 is 2.74 bits per heavy atom. The molecule has 0 aliphatic rings. The summed E-state index contributed by atoms with van der Waals surface area (Å²) in [6.07, 6.45) is 1.76. The van der Waals surface area contributed by atoms with E-state index in [0.29, 0.717) is 10.6 Å². The third-order valence-corrected chi connectivity index (χ3v) is 3.64. The number of H-pyrrole nitrogens is 1. The summed E-state index contributed by atoms with van der Waals surface area (Å²) in [6.45, 7) is 2.05. The monoisotopic (exact) mass is 324 g/mol. The number of rotatable bonds is 4. The highest BCUT2D eigenvalue weighted by atomic mass is 32.1. The van der Waals surface area contributed by atoms with Gasteiger partial charge in [-0.3, -0.25) is 0 Å². The fourth-order valence-corrected chi connectivity index (χ4v) is 2.30. The largest absolute Gasteiger partial charge is 0.497 e. The Labute approximate surface area is 139 Å². The summed E-state index contributed by atoms with van der Waals surface area (Å²) in [4.78, 5) is 0. The summed E-state index contributed by atoms with van der Waals surface area (Å²) in [5.41, 5.74) is 3.08. The molecule has 0 aliphatic carbocycles. The molecule has 5 nitrogen and oxygen atoms in total. The van der Waals surface area contributed by atoms with Crippen LogP contribution in [-0.4, -0.2) is 28.2 Å². The molecule has 0 aliphatic heterocycles. The standard InChI is InChI=1S/C17H16N4OS/c1-12-6-8-13(9-7-12)11-18-21-16(19-20-17(21)23)14-4-3-5-15(10-14)22-2/h3-11H,1-2H3,(H,20,23)/b18-11-. The van der Waals surface area contributed by atoms with Crippen molar-refractivity contribution < 1.29 is 4.74 Å². The smallest absolute Gasteiger partial charge is 0.216 e. The lowest BCUT2D eigenvalue weighted by atomic mass is 10.2. The van der Waals surface area contributed by atoms with Gasteiger partial charge in [0.25, 0.3) is 0 Å². The Morgan fingerprint density at radius 1 is 1.22 bits per heavy atom. The van der Waals surface area contributed by atoms with E-state index in [2.05, 4.69) is 15.3 Å². The van der Waals surface area contributed by atoms with Gasteiger partial charge in [-0.1, -0.05) is 42.0 Å². The number of benzene rings is 2. The lowest BCUT2D eigenvalue weighted by Gasteiger charge is -2.04. The van der Waals surface area contributed by atoms with Gasteiger partial charge in [-0.15, -0.1) is 0 Å². The summed E-state index contributed by atoms with van der Waals surface area (Å²) in [7, 11) is 1.63. The van der Waals surface area contributed by atoms with Crippen LogP contribution < -0.4 is 4.74 Å². The van der Waals surface area contributed by atoms with Crippen molar-refractivity contribution >= 4 is 18.4 Å². The molecule has 0 saturated heterocycles. The summed E-state index contributed by atoms with van der Waals surface area (Å²) in [5, 5.41) is 11.5. The minimum absolute atomic E-state index is 0.436. The van der Waals surface area contributed by atoms with E-state index < -0.39 is 0 Å². The highest BCUT2D eigenvalue weighted by Crippen LogP contribution is 2.22. The Balaban J connectivity index is 1.98. The number of hydrogen-bond acceptors (Lipinski definition) is 4. The van der Waals surface area contributed by atoms with Crippen molar-refractivity contribution in [2.75, 3.05) is 7.11 Å². The molecule has 3 aromatic rings. The predicted molar refractivity (Wildman–Crippen MR) is 93.6 cm³/mol. The molecule has 0 fully saturated rings. The second-order valence-corrected chi connectivity index (χ2v) is 5.44. The summed E-state index contributed by atoms with van der Waals surface area (Å²) in [6, 6.07) is 15.7. The summed E-state index contributed by atoms with van der Waals surface area (Å²) in [5.74, 6) is 1.39. The average Bonchev–Trinajstić information content (AvgIpc) is 2.95. The zero-order chi connectivity index (χ0) is 16.2. The minimum Gasteiger partial charge on any atom is -0.497 e. The van der Waals surface area contributed by atoms with Crippen LogP contribution in [0.4, 0.5) is 0 Å². The Hall–Kier alpha value is -2.73. The van der Waals surface area contributed by atoms with Gasteiger partial charge >= 0.3 is 0 Å². The van der Waals surface area contributed by atoms with E-state index in [4.69, 9.17) is 17.0 Å². The van der Waals surface area contributed by atoms with Crippen molar-refractivity contribution in [2.24, 2.45) is 5.10 Å². The normalized spacial score (nSPS) is 11.0. The molecule has 0 unspecified atom stereocenters. The molecule has 0 bridgehead atoms. The van der Waals surface area contributed by atoms with Crippen molar-refractivity contribution in [3.8, 4) is 17.1 Å². The zero-order valence-electron chi connectivity index (χ0n) is 12.9. The number of nitrogens with zero attached hydrogens (tertiary/aromatic N) is 3. The Kier molecular flexibility index (Phi) is 4.34. The first-order valence-electron chi connectivity index (χ1n) is 7.10. The zero-order valence-corrected chi connectivity index (χ0v) is 13.7. The van der Waals surface area contributed by atoms with Crippen molar-refractivity contribution in [3.05, 3.63) is 64.4 Å². The second-order valence-electron chi connectivity index (χ2n) is 5.05. The van der Waals surface area contributed by atoms with Gasteiger partial charge in [0.05, 0.1) is 13.3 Å². The van der Waals surface area contributed by atoms with Crippen LogP contribution in [0.1, 0.15) is 11.1 Å². The quantitative estimate of drug-likeness (QED) is 0.586. The highest BCUT2D eigenvalue weighted by molar-refractivity contribution is 7.71. The molecule has 3 rings (SSSR count). The number of nitrogens with one attached hydrogen (secondary N) is 1. The number of aromatic amines is 1. The minimum atomic E-state index is 0.436. The SMILES string of the molecule is COc1cccc(-c2n[nH]c(=S)n2/N=C\c2ccc(C)cc2)c1. The molecule has 0 radical (unpaired) electrons. The first-order chi connectivity index (χ1) is 11.2. The molecule has 0 atom stereocenters. The molecule has 1 heterocycles. The maximum Gasteiger partial charge on any atom is 0.216 e. The van der Waals surface area contributed by atoms with Crippen LogP contribution in [0.2, 0.25) is 0 Å². The molecule has 0 spiro atoms. The fourth-order valence-electron chi connectivity index (χ4n) is 2.12. The van der Waals surface area contributed by atoms with Crippen molar-refractivity contribution in [3.63, 3.8) is 0 Å². The maximum absolute atomic E-state index is 5.27. The molecule has 1 N–H and O–H groups in total. The van der Waals surface area contributed by atoms with Crippen LogP contribution in [0.25, 0.3) is 11.4 Å². The van der Waals surface area contributed by atoms with Crippen molar-refractivity contribution in [1.29, 1.82) is 0 Å². The lowest BCUT2D eigenvalue weighted by Crippen LogP contribution is -1.95. The van der Waals surface area contributed by atoms with E-state index in [0.717, 1.165) is 16.9 Å². The first kappa shape index (κ1) is 15.2. The number of ether oxygens (including phenoxy) is 1. The number of methoxy groups -OCH3 is 1. The van der Waals surface area contributed by atoms with E-state index in [-0.39, 0.29) is 0 Å². The van der Waals surface area contributed by atoms with Gasteiger partial charge in [0, 0.05) is 5.56 Å². The molecule has 1 aromatic heterocycles. The predicted octanol–water partition coefficient (Wildman–Crippen LogP) is 3.81. The molecule has 23 heavy (non-hydrogen) atoms. The second kappa shape index (κ2) is 6.58. The fraction of sp³-hybridized carbons (Fsp3) is 0.118. The van der Waals surface area contributed by atoms with Gasteiger partial charge in [0.2, 0.25) is 4.77 Å². The summed E-state index contributed by atoms with van der Waals surface area (Å²) < 4.78 is 7.29. The van der Waals surface area contributed by atoms with Crippen LogP contribution in [0.5, 0.6) is 5.75 Å². The van der Waals surface area contributed by atoms with Gasteiger partial charge in [0.15, 0.2) is 5.82 Å². The van der Waals surface area contributed by atoms with Crippen molar-refractivity contribution in [1.82, 2.24) is 14.9 Å². The van der Waals surface area contributed by atoms with Gasteiger partial charge in [-0.25, -0.2) is 5.10 Å². The highest BCUT2D eigenvalue weighted by Gasteiger charge is 2.08. The van der Waals surface area contributed by atoms with Crippen LogP contribution in [0.3, 0.4) is 0 Å². The molecule has 6 heteroatoms. The molecule has 0 saturated carbocycles. The molecular weight excluding hydrogens is 308 g/mol. The molecule has 116 valence electrons. The number of hydrogen-bond donors (Lipinski definition) is 1. The van der Waals surface area contributed by atoms with E-state index in [1.165, 1.54) is 5.56 Å². The molecule has 0 amide bonds. The van der Waals surface area contributed by atoms with Gasteiger partial charge in [0.1, 0.15) is 5.75 Å². The Bertz CT molecular complexity index is 893. The maximum atomic E-state index is 5.27. The number of aryl methyl sites for hydroxylation is 1. The third-order valence-electron chi connectivity index (χ3n) is 3.38. The Morgan fingerprint density at radius 2 is 2.00 bits per heavy atom. The van der Waals surface area contributed by atoms with Crippen LogP contribution in [0.15, 0.2) is 53.6 Å². The van der Waals surface area contributed by atoms with Gasteiger partial charge in [-0.05, 0) is 36.8 Å². The van der Waals surface area contributed by atoms with Crippen LogP contribution in [-0.2, 0) is 0 Å². The van der Waals surface area contributed by atoms with E-state index in [1.54, 1.807) is 18.0 Å². The van der Waals surface area contributed by atoms with E-state index in [1.807, 2.05) is 55.5 Å².